The van der Waals surface area contributed by atoms with Crippen LogP contribution in [-0.4, -0.2) is 24.7 Å². The van der Waals surface area contributed by atoms with Crippen LogP contribution in [0.5, 0.6) is 0 Å². The van der Waals surface area contributed by atoms with Crippen molar-refractivity contribution in [2.24, 2.45) is 10.8 Å². The quantitative estimate of drug-likeness (QED) is 0.545. The van der Waals surface area contributed by atoms with Crippen LogP contribution >= 0.6 is 12.2 Å². The highest BCUT2D eigenvalue weighted by Crippen LogP contribution is 2.73. The third-order valence-corrected chi connectivity index (χ3v) is 3.99. The molecular formula is C11H16O3S. The second-order valence-corrected chi connectivity index (χ2v) is 5.27. The van der Waals surface area contributed by atoms with Gasteiger partial charge in [-0.1, -0.05) is 6.92 Å². The Morgan fingerprint density at radius 1 is 1.40 bits per heavy atom. The lowest BCUT2D eigenvalue weighted by atomic mass is 9.35. The van der Waals surface area contributed by atoms with Crippen molar-refractivity contribution in [3.63, 3.8) is 0 Å². The molecule has 84 valence electrons. The van der Waals surface area contributed by atoms with Crippen LogP contribution in [-0.2, 0) is 14.3 Å². The minimum atomic E-state index is -0.161. The molecule has 0 spiro atoms. The van der Waals surface area contributed by atoms with Gasteiger partial charge in [-0.15, -0.1) is 0 Å². The van der Waals surface area contributed by atoms with Crippen molar-refractivity contribution in [2.75, 3.05) is 13.7 Å². The second kappa shape index (κ2) is 3.44. The number of hydrogen-bond acceptors (Lipinski definition) is 4. The summed E-state index contributed by atoms with van der Waals surface area (Å²) in [5.74, 6) is -0.0533. The zero-order valence-electron chi connectivity index (χ0n) is 9.17. The van der Waals surface area contributed by atoms with E-state index in [9.17, 15) is 4.79 Å². The summed E-state index contributed by atoms with van der Waals surface area (Å²) >= 11 is 5.00. The van der Waals surface area contributed by atoms with E-state index in [2.05, 4.69) is 0 Å². The van der Waals surface area contributed by atoms with Crippen molar-refractivity contribution in [3.8, 4) is 0 Å². The highest BCUT2D eigenvalue weighted by molar-refractivity contribution is 7.80. The number of methoxy groups -OCH3 is 1. The maximum Gasteiger partial charge on any atom is 0.311 e. The van der Waals surface area contributed by atoms with Gasteiger partial charge in [0.15, 0.2) is 5.05 Å². The van der Waals surface area contributed by atoms with Crippen LogP contribution in [0.4, 0.5) is 0 Å². The number of thiocarbonyl (C=S) groups is 1. The van der Waals surface area contributed by atoms with Crippen LogP contribution in [0.3, 0.4) is 0 Å². The van der Waals surface area contributed by atoms with E-state index < -0.39 is 0 Å². The molecule has 3 aliphatic carbocycles. The van der Waals surface area contributed by atoms with Crippen molar-refractivity contribution in [2.45, 2.75) is 32.6 Å². The lowest BCUT2D eigenvalue weighted by Gasteiger charge is -2.68. The van der Waals surface area contributed by atoms with Crippen molar-refractivity contribution in [3.05, 3.63) is 0 Å². The van der Waals surface area contributed by atoms with Crippen LogP contribution in [0.2, 0.25) is 0 Å². The Kier molecular flexibility index (Phi) is 2.49. The van der Waals surface area contributed by atoms with Gasteiger partial charge in [0.05, 0.1) is 19.1 Å². The minimum Gasteiger partial charge on any atom is -0.486 e. The van der Waals surface area contributed by atoms with E-state index in [1.54, 1.807) is 0 Å². The van der Waals surface area contributed by atoms with Gasteiger partial charge in [-0.3, -0.25) is 4.79 Å². The normalized spacial score (nSPS) is 36.1. The van der Waals surface area contributed by atoms with E-state index in [-0.39, 0.29) is 16.8 Å². The molecular weight excluding hydrogens is 212 g/mol. The first-order valence-corrected chi connectivity index (χ1v) is 5.71. The van der Waals surface area contributed by atoms with Gasteiger partial charge in [0.25, 0.3) is 0 Å². The van der Waals surface area contributed by atoms with Gasteiger partial charge in [-0.25, -0.2) is 0 Å². The Labute approximate surface area is 95.1 Å². The third kappa shape index (κ3) is 1.55. The molecule has 3 nitrogen and oxygen atoms in total. The zero-order valence-corrected chi connectivity index (χ0v) is 9.99. The molecule has 15 heavy (non-hydrogen) atoms. The van der Waals surface area contributed by atoms with Gasteiger partial charge >= 0.3 is 5.97 Å². The van der Waals surface area contributed by atoms with Crippen LogP contribution in [0.25, 0.3) is 0 Å². The molecule has 3 aliphatic rings. The number of ether oxygens (including phenoxy) is 2. The van der Waals surface area contributed by atoms with E-state index in [1.807, 2.05) is 6.92 Å². The van der Waals surface area contributed by atoms with Gasteiger partial charge < -0.3 is 9.47 Å². The highest BCUT2D eigenvalue weighted by atomic mass is 32.1. The van der Waals surface area contributed by atoms with Crippen molar-refractivity contribution in [1.29, 1.82) is 0 Å². The smallest absolute Gasteiger partial charge is 0.311 e. The van der Waals surface area contributed by atoms with Gasteiger partial charge in [0, 0.05) is 11.8 Å². The fourth-order valence-electron chi connectivity index (χ4n) is 2.92. The fourth-order valence-corrected chi connectivity index (χ4v) is 2.98. The van der Waals surface area contributed by atoms with Crippen molar-refractivity contribution in [1.82, 2.24) is 0 Å². The second-order valence-electron chi connectivity index (χ2n) is 4.82. The standard InChI is InChI=1S/C11H16O3S/c1-3-8(15)14-7-10-4-11(5-10,6-10)9(12)13-2/h3-7H2,1-2H3. The summed E-state index contributed by atoms with van der Waals surface area (Å²) in [6, 6.07) is 0. The maximum absolute atomic E-state index is 11.4. The van der Waals surface area contributed by atoms with Gasteiger partial charge in [-0.05, 0) is 31.5 Å². The summed E-state index contributed by atoms with van der Waals surface area (Å²) in [5, 5.41) is 0.673. The van der Waals surface area contributed by atoms with Gasteiger partial charge in [-0.2, -0.15) is 0 Å². The molecule has 0 saturated heterocycles. The largest absolute Gasteiger partial charge is 0.486 e. The first-order valence-electron chi connectivity index (χ1n) is 5.30. The molecule has 3 fully saturated rings. The molecule has 4 heteroatoms. The molecule has 0 amide bonds. The summed E-state index contributed by atoms with van der Waals surface area (Å²) in [4.78, 5) is 11.4. The molecule has 0 N–H and O–H groups in total. The Morgan fingerprint density at radius 3 is 2.47 bits per heavy atom. The molecule has 0 aromatic carbocycles. The topological polar surface area (TPSA) is 35.5 Å². The fraction of sp³-hybridized carbons (Fsp3) is 0.818. The first kappa shape index (κ1) is 10.9. The number of carbonyl (C=O) groups is 1. The van der Waals surface area contributed by atoms with Crippen LogP contribution in [0, 0.1) is 10.8 Å². The molecule has 0 unspecified atom stereocenters. The third-order valence-electron chi connectivity index (χ3n) is 3.59. The molecule has 0 radical (unpaired) electrons. The van der Waals surface area contributed by atoms with Gasteiger partial charge in [0.1, 0.15) is 0 Å². The molecule has 0 atom stereocenters. The predicted molar refractivity (Wildman–Crippen MR) is 59.6 cm³/mol. The number of hydrogen-bond donors (Lipinski definition) is 0. The number of carbonyl (C=O) groups excluding carboxylic acids is 1. The van der Waals surface area contributed by atoms with E-state index in [0.717, 1.165) is 25.7 Å². The number of rotatable bonds is 4. The summed E-state index contributed by atoms with van der Waals surface area (Å²) in [5.41, 5.74) is 0.0688. The van der Waals surface area contributed by atoms with E-state index in [4.69, 9.17) is 21.7 Å². The maximum atomic E-state index is 11.4. The Bertz CT molecular complexity index is 285. The summed E-state index contributed by atoms with van der Waals surface area (Å²) in [6.07, 6.45) is 3.53. The average molecular weight is 228 g/mol. The van der Waals surface area contributed by atoms with Crippen LogP contribution in [0.1, 0.15) is 32.6 Å². The first-order chi connectivity index (χ1) is 7.06. The van der Waals surface area contributed by atoms with Crippen LogP contribution in [0.15, 0.2) is 0 Å². The Morgan fingerprint density at radius 2 is 2.00 bits per heavy atom. The molecule has 0 heterocycles. The average Bonchev–Trinajstić information content (AvgIpc) is 2.12. The Hall–Kier alpha value is -0.640. The van der Waals surface area contributed by atoms with Crippen molar-refractivity contribution >= 4 is 23.2 Å². The zero-order chi connectivity index (χ0) is 11.1. The molecule has 3 saturated carbocycles. The summed E-state index contributed by atoms with van der Waals surface area (Å²) in [6.45, 7) is 2.67. The summed E-state index contributed by atoms with van der Waals surface area (Å²) < 4.78 is 10.3. The van der Waals surface area contributed by atoms with Gasteiger partial charge in [0.2, 0.25) is 0 Å². The van der Waals surface area contributed by atoms with Crippen molar-refractivity contribution < 1.29 is 14.3 Å². The van der Waals surface area contributed by atoms with E-state index >= 15 is 0 Å². The number of esters is 1. The van der Waals surface area contributed by atoms with E-state index in [1.165, 1.54) is 7.11 Å². The summed E-state index contributed by atoms with van der Waals surface area (Å²) in [7, 11) is 1.46. The lowest BCUT2D eigenvalue weighted by Crippen LogP contribution is -2.67. The monoisotopic (exact) mass is 228 g/mol. The molecule has 0 aromatic heterocycles. The highest BCUT2D eigenvalue weighted by Gasteiger charge is 2.72. The van der Waals surface area contributed by atoms with E-state index in [0.29, 0.717) is 11.7 Å². The molecule has 3 rings (SSSR count). The lowest BCUT2D eigenvalue weighted by molar-refractivity contribution is -0.234. The minimum absolute atomic E-state index is 0.0533. The molecule has 2 bridgehead atoms. The predicted octanol–water partition coefficient (Wildman–Crippen LogP) is 2.08. The SMILES string of the molecule is CCC(=S)OCC12CC(C(=O)OC)(C1)C2. The van der Waals surface area contributed by atoms with Crippen LogP contribution < -0.4 is 0 Å². The molecule has 0 aliphatic heterocycles. The molecule has 0 aromatic rings. The Balaban J connectivity index is 1.78.